The summed E-state index contributed by atoms with van der Waals surface area (Å²) in [5, 5.41) is 3.53. The number of rotatable bonds is 5. The van der Waals surface area contributed by atoms with E-state index in [0.717, 1.165) is 16.8 Å². The average Bonchev–Trinajstić information content (AvgIpc) is 2.19. The Morgan fingerprint density at radius 2 is 2.06 bits per heavy atom. The van der Waals surface area contributed by atoms with Crippen molar-refractivity contribution in [3.63, 3.8) is 0 Å². The summed E-state index contributed by atoms with van der Waals surface area (Å²) in [5.74, 6) is 1.55. The fourth-order valence-corrected chi connectivity index (χ4v) is 2.13. The number of aromatic nitrogens is 1. The Hall–Kier alpha value is -0.610. The van der Waals surface area contributed by atoms with Crippen molar-refractivity contribution in [2.75, 3.05) is 26.0 Å². The molecule has 0 saturated carbocycles. The fraction of sp³-hybridized carbons (Fsp3) is 0.615. The first-order chi connectivity index (χ1) is 7.90. The summed E-state index contributed by atoms with van der Waals surface area (Å²) in [5.41, 5.74) is 1.17. The molecule has 0 aliphatic rings. The SMILES string of the molecule is Cc1cc(Br)cnc1NC(CN(C)C)C(C)C. The van der Waals surface area contributed by atoms with E-state index in [1.165, 1.54) is 5.56 Å². The zero-order valence-electron chi connectivity index (χ0n) is 11.3. The predicted molar refractivity (Wildman–Crippen MR) is 77.5 cm³/mol. The van der Waals surface area contributed by atoms with E-state index in [4.69, 9.17) is 0 Å². The molecule has 1 aromatic heterocycles. The molecular formula is C13H22BrN3. The minimum atomic E-state index is 0.414. The Labute approximate surface area is 113 Å². The van der Waals surface area contributed by atoms with Crippen LogP contribution in [-0.2, 0) is 0 Å². The maximum atomic E-state index is 4.43. The van der Waals surface area contributed by atoms with Crippen molar-refractivity contribution in [1.29, 1.82) is 0 Å². The molecule has 96 valence electrons. The van der Waals surface area contributed by atoms with Crippen LogP contribution in [0.2, 0.25) is 0 Å². The van der Waals surface area contributed by atoms with Crippen LogP contribution in [0.1, 0.15) is 19.4 Å². The van der Waals surface area contributed by atoms with Gasteiger partial charge in [0.1, 0.15) is 5.82 Å². The molecule has 0 aliphatic heterocycles. The highest BCUT2D eigenvalue weighted by Crippen LogP contribution is 2.19. The normalized spacial score (nSPS) is 13.2. The number of hydrogen-bond donors (Lipinski definition) is 1. The lowest BCUT2D eigenvalue weighted by Crippen LogP contribution is -2.36. The minimum absolute atomic E-state index is 0.414. The van der Waals surface area contributed by atoms with Gasteiger partial charge in [0.05, 0.1) is 0 Å². The van der Waals surface area contributed by atoms with Crippen molar-refractivity contribution in [3.05, 3.63) is 22.3 Å². The number of anilines is 1. The van der Waals surface area contributed by atoms with E-state index in [9.17, 15) is 0 Å². The molecule has 1 heterocycles. The molecule has 4 heteroatoms. The molecule has 0 radical (unpaired) electrons. The molecule has 1 atom stereocenters. The van der Waals surface area contributed by atoms with Crippen LogP contribution < -0.4 is 5.32 Å². The number of aryl methyl sites for hydroxylation is 1. The van der Waals surface area contributed by atoms with Crippen molar-refractivity contribution in [2.24, 2.45) is 5.92 Å². The van der Waals surface area contributed by atoms with Gasteiger partial charge in [0.2, 0.25) is 0 Å². The van der Waals surface area contributed by atoms with E-state index in [-0.39, 0.29) is 0 Å². The van der Waals surface area contributed by atoms with Crippen LogP contribution in [0.4, 0.5) is 5.82 Å². The molecule has 17 heavy (non-hydrogen) atoms. The van der Waals surface area contributed by atoms with Crippen LogP contribution in [-0.4, -0.2) is 36.6 Å². The van der Waals surface area contributed by atoms with E-state index in [0.29, 0.717) is 12.0 Å². The zero-order valence-corrected chi connectivity index (χ0v) is 12.9. The molecule has 1 rings (SSSR count). The molecule has 0 spiro atoms. The van der Waals surface area contributed by atoms with Gasteiger partial charge in [-0.05, 0) is 54.5 Å². The van der Waals surface area contributed by atoms with Gasteiger partial charge in [-0.2, -0.15) is 0 Å². The summed E-state index contributed by atoms with van der Waals surface area (Å²) in [4.78, 5) is 6.63. The quantitative estimate of drug-likeness (QED) is 0.905. The summed E-state index contributed by atoms with van der Waals surface area (Å²) < 4.78 is 1.02. The predicted octanol–water partition coefficient (Wildman–Crippen LogP) is 3.15. The van der Waals surface area contributed by atoms with Gasteiger partial charge in [-0.15, -0.1) is 0 Å². The average molecular weight is 300 g/mol. The van der Waals surface area contributed by atoms with E-state index in [1.54, 1.807) is 0 Å². The molecule has 0 aromatic carbocycles. The molecular weight excluding hydrogens is 278 g/mol. The molecule has 1 N–H and O–H groups in total. The van der Waals surface area contributed by atoms with Crippen molar-refractivity contribution in [3.8, 4) is 0 Å². The molecule has 0 aliphatic carbocycles. The number of halogens is 1. The highest BCUT2D eigenvalue weighted by atomic mass is 79.9. The van der Waals surface area contributed by atoms with Crippen LogP contribution >= 0.6 is 15.9 Å². The van der Waals surface area contributed by atoms with Crippen molar-refractivity contribution < 1.29 is 0 Å². The second-order valence-corrected chi connectivity index (χ2v) is 5.99. The first kappa shape index (κ1) is 14.5. The lowest BCUT2D eigenvalue weighted by Gasteiger charge is -2.26. The van der Waals surface area contributed by atoms with E-state index in [2.05, 4.69) is 72.1 Å². The van der Waals surface area contributed by atoms with Gasteiger partial charge in [-0.3, -0.25) is 0 Å². The maximum absolute atomic E-state index is 4.43. The molecule has 0 bridgehead atoms. The molecule has 0 amide bonds. The Morgan fingerprint density at radius 1 is 1.41 bits per heavy atom. The van der Waals surface area contributed by atoms with E-state index in [1.807, 2.05) is 6.20 Å². The van der Waals surface area contributed by atoms with Crippen LogP contribution in [0.15, 0.2) is 16.7 Å². The van der Waals surface area contributed by atoms with Gasteiger partial charge in [0.15, 0.2) is 0 Å². The van der Waals surface area contributed by atoms with Gasteiger partial charge < -0.3 is 10.2 Å². The van der Waals surface area contributed by atoms with Crippen LogP contribution in [0, 0.1) is 12.8 Å². The third-order valence-corrected chi connectivity index (χ3v) is 3.17. The lowest BCUT2D eigenvalue weighted by molar-refractivity contribution is 0.344. The molecule has 0 saturated heterocycles. The highest BCUT2D eigenvalue weighted by molar-refractivity contribution is 9.10. The van der Waals surface area contributed by atoms with Crippen LogP contribution in [0.25, 0.3) is 0 Å². The number of nitrogens with zero attached hydrogens (tertiary/aromatic N) is 2. The van der Waals surface area contributed by atoms with Crippen molar-refractivity contribution in [2.45, 2.75) is 26.8 Å². The van der Waals surface area contributed by atoms with Crippen molar-refractivity contribution in [1.82, 2.24) is 9.88 Å². The second kappa shape index (κ2) is 6.36. The third-order valence-electron chi connectivity index (χ3n) is 2.73. The van der Waals surface area contributed by atoms with Gasteiger partial charge in [-0.25, -0.2) is 4.98 Å². The van der Waals surface area contributed by atoms with Gasteiger partial charge in [0.25, 0.3) is 0 Å². The Morgan fingerprint density at radius 3 is 2.53 bits per heavy atom. The first-order valence-electron chi connectivity index (χ1n) is 5.93. The minimum Gasteiger partial charge on any atom is -0.366 e. The zero-order chi connectivity index (χ0) is 13.0. The number of hydrogen-bond acceptors (Lipinski definition) is 3. The first-order valence-corrected chi connectivity index (χ1v) is 6.73. The van der Waals surface area contributed by atoms with Gasteiger partial charge >= 0.3 is 0 Å². The summed E-state index contributed by atoms with van der Waals surface area (Å²) >= 11 is 3.43. The Kier molecular flexibility index (Phi) is 5.40. The van der Waals surface area contributed by atoms with E-state index < -0.39 is 0 Å². The summed E-state index contributed by atoms with van der Waals surface area (Å²) in [6, 6.07) is 2.50. The topological polar surface area (TPSA) is 28.2 Å². The number of pyridine rings is 1. The van der Waals surface area contributed by atoms with Gasteiger partial charge in [-0.1, -0.05) is 13.8 Å². The monoisotopic (exact) mass is 299 g/mol. The Bertz CT molecular complexity index is 364. The highest BCUT2D eigenvalue weighted by Gasteiger charge is 2.15. The van der Waals surface area contributed by atoms with Gasteiger partial charge in [0, 0.05) is 23.3 Å². The molecule has 1 aromatic rings. The third kappa shape index (κ3) is 4.64. The van der Waals surface area contributed by atoms with Crippen LogP contribution in [0.5, 0.6) is 0 Å². The second-order valence-electron chi connectivity index (χ2n) is 5.08. The maximum Gasteiger partial charge on any atom is 0.129 e. The number of likely N-dealkylation sites (N-methyl/N-ethyl adjacent to an activating group) is 1. The van der Waals surface area contributed by atoms with Crippen LogP contribution in [0.3, 0.4) is 0 Å². The van der Waals surface area contributed by atoms with E-state index >= 15 is 0 Å². The molecule has 3 nitrogen and oxygen atoms in total. The number of nitrogens with one attached hydrogen (secondary N) is 1. The lowest BCUT2D eigenvalue weighted by atomic mass is 10.0. The largest absolute Gasteiger partial charge is 0.366 e. The summed E-state index contributed by atoms with van der Waals surface area (Å²) in [6.45, 7) is 7.55. The van der Waals surface area contributed by atoms with Crippen molar-refractivity contribution >= 4 is 21.7 Å². The Balaban J connectivity index is 2.78. The molecule has 1 unspecified atom stereocenters. The smallest absolute Gasteiger partial charge is 0.129 e. The summed E-state index contributed by atoms with van der Waals surface area (Å²) in [6.07, 6.45) is 1.84. The standard InChI is InChI=1S/C13H22BrN3/c1-9(2)12(8-17(4)5)16-13-10(3)6-11(14)7-15-13/h6-7,9,12H,8H2,1-5H3,(H,15,16). The molecule has 0 fully saturated rings. The summed E-state index contributed by atoms with van der Waals surface area (Å²) in [7, 11) is 4.19. The fourth-order valence-electron chi connectivity index (χ4n) is 1.68.